The predicted octanol–water partition coefficient (Wildman–Crippen LogP) is 1.12. The van der Waals surface area contributed by atoms with E-state index in [-0.39, 0.29) is 12.0 Å². The maximum atomic E-state index is 11.3. The largest absolute Gasteiger partial charge is 0.464 e. The van der Waals surface area contributed by atoms with E-state index in [0.717, 1.165) is 19.3 Å². The molecular formula is C11H20O4. The van der Waals surface area contributed by atoms with Gasteiger partial charge in [0.1, 0.15) is 0 Å². The summed E-state index contributed by atoms with van der Waals surface area (Å²) in [6.45, 7) is 4.73. The van der Waals surface area contributed by atoms with Crippen LogP contribution in [0, 0.1) is 5.92 Å². The molecule has 1 aliphatic rings. The van der Waals surface area contributed by atoms with Gasteiger partial charge in [0.15, 0.2) is 6.10 Å². The number of esters is 1. The first kappa shape index (κ1) is 12.5. The lowest BCUT2D eigenvalue weighted by molar-refractivity contribution is -0.159. The Bertz CT molecular complexity index is 205. The van der Waals surface area contributed by atoms with E-state index in [4.69, 9.17) is 9.47 Å². The molecule has 0 saturated carbocycles. The van der Waals surface area contributed by atoms with Crippen molar-refractivity contribution in [2.45, 2.75) is 45.3 Å². The van der Waals surface area contributed by atoms with E-state index in [2.05, 4.69) is 0 Å². The van der Waals surface area contributed by atoms with Crippen LogP contribution in [-0.2, 0) is 14.3 Å². The molecule has 0 aromatic carbocycles. The molecule has 1 N–H and O–H groups in total. The van der Waals surface area contributed by atoms with Crippen LogP contribution in [0.15, 0.2) is 0 Å². The zero-order valence-electron chi connectivity index (χ0n) is 9.44. The molecule has 4 nitrogen and oxygen atoms in total. The third-order valence-electron chi connectivity index (χ3n) is 2.84. The number of ether oxygens (including phenoxy) is 2. The molecule has 0 aromatic rings. The molecule has 1 rings (SSSR count). The highest BCUT2D eigenvalue weighted by molar-refractivity contribution is 5.74. The minimum atomic E-state index is -0.983. The third kappa shape index (κ3) is 3.47. The number of hydrogen-bond acceptors (Lipinski definition) is 4. The molecule has 15 heavy (non-hydrogen) atoms. The number of carbonyl (C=O) groups is 1. The lowest BCUT2D eigenvalue weighted by Gasteiger charge is -2.30. The van der Waals surface area contributed by atoms with Gasteiger partial charge in [0.2, 0.25) is 0 Å². The summed E-state index contributed by atoms with van der Waals surface area (Å²) in [7, 11) is 0. The Kier molecular flexibility index (Phi) is 5.05. The Morgan fingerprint density at radius 2 is 2.33 bits per heavy atom. The topological polar surface area (TPSA) is 55.8 Å². The molecule has 1 saturated heterocycles. The molecule has 4 heteroatoms. The molecule has 0 aliphatic carbocycles. The zero-order valence-corrected chi connectivity index (χ0v) is 9.44. The third-order valence-corrected chi connectivity index (χ3v) is 2.84. The number of hydrogen-bond donors (Lipinski definition) is 1. The maximum absolute atomic E-state index is 11.3. The second-order valence-electron chi connectivity index (χ2n) is 3.88. The lowest BCUT2D eigenvalue weighted by Crippen LogP contribution is -2.37. The van der Waals surface area contributed by atoms with Gasteiger partial charge in [-0.2, -0.15) is 0 Å². The quantitative estimate of drug-likeness (QED) is 0.715. The highest BCUT2D eigenvalue weighted by Crippen LogP contribution is 2.25. The van der Waals surface area contributed by atoms with Crippen LogP contribution in [0.3, 0.4) is 0 Å². The molecule has 0 bridgehead atoms. The average Bonchev–Trinajstić information content (AvgIpc) is 2.28. The molecular weight excluding hydrogens is 196 g/mol. The van der Waals surface area contributed by atoms with E-state index in [1.54, 1.807) is 6.92 Å². The lowest BCUT2D eigenvalue weighted by atomic mass is 9.89. The van der Waals surface area contributed by atoms with Crippen molar-refractivity contribution in [2.75, 3.05) is 13.2 Å². The fraction of sp³-hybridized carbons (Fsp3) is 0.909. The van der Waals surface area contributed by atoms with Crippen LogP contribution in [0.1, 0.15) is 33.1 Å². The summed E-state index contributed by atoms with van der Waals surface area (Å²) in [4.78, 5) is 11.3. The summed E-state index contributed by atoms with van der Waals surface area (Å²) in [6, 6.07) is 0. The first-order valence-electron chi connectivity index (χ1n) is 5.65. The highest BCUT2D eigenvalue weighted by atomic mass is 16.5. The number of aliphatic hydroxyl groups is 1. The minimum Gasteiger partial charge on any atom is -0.464 e. The Balaban J connectivity index is 2.44. The van der Waals surface area contributed by atoms with E-state index < -0.39 is 12.1 Å². The fourth-order valence-electron chi connectivity index (χ4n) is 1.90. The highest BCUT2D eigenvalue weighted by Gasteiger charge is 2.32. The smallest absolute Gasteiger partial charge is 0.335 e. The van der Waals surface area contributed by atoms with E-state index in [1.807, 2.05) is 6.92 Å². The second kappa shape index (κ2) is 6.08. The van der Waals surface area contributed by atoms with Gasteiger partial charge in [-0.3, -0.25) is 0 Å². The standard InChI is InChI=1S/C11H20O4/c1-3-9-7-8(5-6-15-9)10(12)11(13)14-4-2/h8-10,12H,3-7H2,1-2H3. The van der Waals surface area contributed by atoms with Crippen molar-refractivity contribution < 1.29 is 19.4 Å². The number of rotatable bonds is 4. The van der Waals surface area contributed by atoms with Gasteiger partial charge in [0.25, 0.3) is 0 Å². The number of carbonyl (C=O) groups excluding carboxylic acids is 1. The normalized spacial score (nSPS) is 28.5. The molecule has 0 radical (unpaired) electrons. The minimum absolute atomic E-state index is 0.0113. The van der Waals surface area contributed by atoms with Gasteiger partial charge in [-0.05, 0) is 26.2 Å². The summed E-state index contributed by atoms with van der Waals surface area (Å²) in [6.07, 6.45) is 1.59. The van der Waals surface area contributed by atoms with E-state index in [0.29, 0.717) is 13.2 Å². The predicted molar refractivity (Wildman–Crippen MR) is 55.4 cm³/mol. The van der Waals surface area contributed by atoms with Gasteiger partial charge in [-0.25, -0.2) is 4.79 Å². The summed E-state index contributed by atoms with van der Waals surface area (Å²) < 4.78 is 10.3. The summed E-state index contributed by atoms with van der Waals surface area (Å²) in [5.74, 6) is -0.512. The van der Waals surface area contributed by atoms with Crippen molar-refractivity contribution in [3.8, 4) is 0 Å². The number of aliphatic hydroxyl groups excluding tert-OH is 1. The van der Waals surface area contributed by atoms with Gasteiger partial charge in [-0.15, -0.1) is 0 Å². The SMILES string of the molecule is CCOC(=O)C(O)C1CCOC(CC)C1. The first-order chi connectivity index (χ1) is 7.19. The Labute approximate surface area is 90.6 Å². The Hall–Kier alpha value is -0.610. The van der Waals surface area contributed by atoms with Gasteiger partial charge in [0.05, 0.1) is 12.7 Å². The van der Waals surface area contributed by atoms with Crippen molar-refractivity contribution in [2.24, 2.45) is 5.92 Å². The average molecular weight is 216 g/mol. The van der Waals surface area contributed by atoms with E-state index in [1.165, 1.54) is 0 Å². The fourth-order valence-corrected chi connectivity index (χ4v) is 1.90. The molecule has 0 aromatic heterocycles. The van der Waals surface area contributed by atoms with Crippen LogP contribution >= 0.6 is 0 Å². The first-order valence-corrected chi connectivity index (χ1v) is 5.65. The van der Waals surface area contributed by atoms with Gasteiger partial charge in [-0.1, -0.05) is 6.92 Å². The van der Waals surface area contributed by atoms with Crippen molar-refractivity contribution in [3.05, 3.63) is 0 Å². The van der Waals surface area contributed by atoms with E-state index in [9.17, 15) is 9.90 Å². The summed E-state index contributed by atoms with van der Waals surface area (Å²) in [5.41, 5.74) is 0. The molecule has 3 atom stereocenters. The van der Waals surface area contributed by atoms with Crippen molar-refractivity contribution in [3.63, 3.8) is 0 Å². The van der Waals surface area contributed by atoms with Crippen LogP contribution in [0.25, 0.3) is 0 Å². The van der Waals surface area contributed by atoms with Crippen molar-refractivity contribution in [1.82, 2.24) is 0 Å². The Morgan fingerprint density at radius 1 is 1.60 bits per heavy atom. The van der Waals surface area contributed by atoms with Crippen molar-refractivity contribution in [1.29, 1.82) is 0 Å². The van der Waals surface area contributed by atoms with Gasteiger partial charge >= 0.3 is 5.97 Å². The molecule has 1 aliphatic heterocycles. The van der Waals surface area contributed by atoms with Crippen LogP contribution in [0.5, 0.6) is 0 Å². The molecule has 0 amide bonds. The maximum Gasteiger partial charge on any atom is 0.335 e. The molecule has 1 fully saturated rings. The van der Waals surface area contributed by atoms with Crippen LogP contribution in [0.2, 0.25) is 0 Å². The molecule has 88 valence electrons. The van der Waals surface area contributed by atoms with Crippen molar-refractivity contribution >= 4 is 5.97 Å². The second-order valence-corrected chi connectivity index (χ2v) is 3.88. The summed E-state index contributed by atoms with van der Waals surface area (Å²) >= 11 is 0. The molecule has 3 unspecified atom stereocenters. The summed E-state index contributed by atoms with van der Waals surface area (Å²) in [5, 5.41) is 9.76. The Morgan fingerprint density at radius 3 is 2.93 bits per heavy atom. The van der Waals surface area contributed by atoms with Crippen LogP contribution < -0.4 is 0 Å². The van der Waals surface area contributed by atoms with E-state index >= 15 is 0 Å². The van der Waals surface area contributed by atoms with Crippen LogP contribution in [-0.4, -0.2) is 36.5 Å². The van der Waals surface area contributed by atoms with Crippen LogP contribution in [0.4, 0.5) is 0 Å². The monoisotopic (exact) mass is 216 g/mol. The zero-order chi connectivity index (χ0) is 11.3. The van der Waals surface area contributed by atoms with Gasteiger partial charge < -0.3 is 14.6 Å². The molecule has 1 heterocycles. The van der Waals surface area contributed by atoms with Gasteiger partial charge in [0, 0.05) is 12.5 Å². The molecule has 0 spiro atoms.